The fraction of sp³-hybridized carbons (Fsp3) is 0.714. The minimum absolute atomic E-state index is 0.285. The monoisotopic (exact) mass is 193 g/mol. The maximum absolute atomic E-state index is 10.7. The van der Waals surface area contributed by atoms with Crippen molar-refractivity contribution in [1.82, 2.24) is 0 Å². The first kappa shape index (κ1) is 11.6. The summed E-state index contributed by atoms with van der Waals surface area (Å²) < 4.78 is 30.2. The standard InChI is InChI=1S/C7H15NO3S/c1-4-6(12(9,10)11)7(8)5(2)3/h6-7H,2,4,8H2,1,3H3,(H,9,10,11). The smallest absolute Gasteiger partial charge is 0.269 e. The van der Waals surface area contributed by atoms with Gasteiger partial charge < -0.3 is 5.73 Å². The number of hydrogen-bond donors (Lipinski definition) is 2. The van der Waals surface area contributed by atoms with Gasteiger partial charge in [0.2, 0.25) is 0 Å². The molecule has 0 saturated carbocycles. The van der Waals surface area contributed by atoms with Crippen LogP contribution in [-0.4, -0.2) is 24.3 Å². The van der Waals surface area contributed by atoms with E-state index in [2.05, 4.69) is 6.58 Å². The molecule has 3 N–H and O–H groups in total. The zero-order valence-electron chi connectivity index (χ0n) is 7.32. The summed E-state index contributed by atoms with van der Waals surface area (Å²) in [6.45, 7) is 6.83. The molecule has 0 aliphatic heterocycles. The van der Waals surface area contributed by atoms with Crippen LogP contribution in [0.15, 0.2) is 12.2 Å². The van der Waals surface area contributed by atoms with Gasteiger partial charge in [-0.05, 0) is 13.3 Å². The zero-order chi connectivity index (χ0) is 9.94. The molecule has 0 heterocycles. The van der Waals surface area contributed by atoms with Crippen molar-refractivity contribution in [3.05, 3.63) is 12.2 Å². The maximum Gasteiger partial charge on any atom is 0.269 e. The fourth-order valence-corrected chi connectivity index (χ4v) is 1.99. The molecule has 0 fully saturated rings. The minimum Gasteiger partial charge on any atom is -0.323 e. The summed E-state index contributed by atoms with van der Waals surface area (Å²) in [4.78, 5) is 0. The molecule has 0 amide bonds. The van der Waals surface area contributed by atoms with Crippen molar-refractivity contribution in [2.75, 3.05) is 0 Å². The second-order valence-corrected chi connectivity index (χ2v) is 4.47. The van der Waals surface area contributed by atoms with E-state index in [0.29, 0.717) is 5.57 Å². The largest absolute Gasteiger partial charge is 0.323 e. The van der Waals surface area contributed by atoms with Crippen molar-refractivity contribution < 1.29 is 13.0 Å². The van der Waals surface area contributed by atoms with E-state index in [4.69, 9.17) is 10.3 Å². The second kappa shape index (κ2) is 4.02. The molecule has 0 aliphatic rings. The van der Waals surface area contributed by atoms with Crippen LogP contribution in [0, 0.1) is 0 Å². The van der Waals surface area contributed by atoms with Gasteiger partial charge in [-0.25, -0.2) is 0 Å². The molecule has 12 heavy (non-hydrogen) atoms. The van der Waals surface area contributed by atoms with Gasteiger partial charge in [-0.2, -0.15) is 8.42 Å². The van der Waals surface area contributed by atoms with Gasteiger partial charge in [0.25, 0.3) is 10.1 Å². The van der Waals surface area contributed by atoms with E-state index < -0.39 is 21.4 Å². The molecule has 0 radical (unpaired) electrons. The average Bonchev–Trinajstić information content (AvgIpc) is 1.85. The molecular weight excluding hydrogens is 178 g/mol. The highest BCUT2D eigenvalue weighted by Crippen LogP contribution is 2.12. The Morgan fingerprint density at radius 2 is 2.08 bits per heavy atom. The van der Waals surface area contributed by atoms with Gasteiger partial charge in [-0.15, -0.1) is 0 Å². The molecule has 0 aromatic rings. The lowest BCUT2D eigenvalue weighted by Crippen LogP contribution is -2.40. The molecule has 4 nitrogen and oxygen atoms in total. The van der Waals surface area contributed by atoms with Crippen molar-refractivity contribution in [3.8, 4) is 0 Å². The van der Waals surface area contributed by atoms with E-state index in [0.717, 1.165) is 0 Å². The molecule has 0 aromatic carbocycles. The van der Waals surface area contributed by atoms with Gasteiger partial charge in [-0.1, -0.05) is 19.1 Å². The fourth-order valence-electron chi connectivity index (χ4n) is 0.967. The van der Waals surface area contributed by atoms with Crippen LogP contribution in [0.4, 0.5) is 0 Å². The van der Waals surface area contributed by atoms with Crippen molar-refractivity contribution in [2.24, 2.45) is 5.73 Å². The van der Waals surface area contributed by atoms with Crippen LogP contribution in [0.1, 0.15) is 20.3 Å². The Morgan fingerprint density at radius 3 is 2.17 bits per heavy atom. The third-order valence-corrected chi connectivity index (χ3v) is 3.15. The van der Waals surface area contributed by atoms with Gasteiger partial charge in [0.15, 0.2) is 0 Å². The van der Waals surface area contributed by atoms with Crippen LogP contribution in [0.5, 0.6) is 0 Å². The Kier molecular flexibility index (Phi) is 3.89. The third-order valence-electron chi connectivity index (χ3n) is 1.75. The highest BCUT2D eigenvalue weighted by molar-refractivity contribution is 7.86. The number of rotatable bonds is 4. The van der Waals surface area contributed by atoms with Crippen molar-refractivity contribution in [1.29, 1.82) is 0 Å². The van der Waals surface area contributed by atoms with E-state index in [1.807, 2.05) is 0 Å². The number of hydrogen-bond acceptors (Lipinski definition) is 3. The molecule has 2 unspecified atom stereocenters. The molecule has 2 atom stereocenters. The molecule has 0 saturated heterocycles. The maximum atomic E-state index is 10.7. The molecule has 5 heteroatoms. The molecule has 0 rings (SSSR count). The van der Waals surface area contributed by atoms with Crippen LogP contribution < -0.4 is 5.73 Å². The summed E-state index contributed by atoms with van der Waals surface area (Å²) >= 11 is 0. The molecule has 0 aromatic heterocycles. The van der Waals surface area contributed by atoms with Gasteiger partial charge in [0.05, 0.1) is 0 Å². The Labute approximate surface area is 73.2 Å². The Balaban J connectivity index is 4.70. The average molecular weight is 193 g/mol. The first-order valence-corrected chi connectivity index (χ1v) is 5.18. The van der Waals surface area contributed by atoms with Crippen LogP contribution in [0.2, 0.25) is 0 Å². The van der Waals surface area contributed by atoms with E-state index >= 15 is 0 Å². The Bertz CT molecular complexity index is 258. The van der Waals surface area contributed by atoms with Gasteiger partial charge >= 0.3 is 0 Å². The van der Waals surface area contributed by atoms with E-state index in [-0.39, 0.29) is 6.42 Å². The highest BCUT2D eigenvalue weighted by atomic mass is 32.2. The lowest BCUT2D eigenvalue weighted by atomic mass is 10.1. The quantitative estimate of drug-likeness (QED) is 0.505. The molecular formula is C7H15NO3S. The summed E-state index contributed by atoms with van der Waals surface area (Å²) in [5.74, 6) is 0. The Hall–Kier alpha value is -0.390. The van der Waals surface area contributed by atoms with E-state index in [1.54, 1.807) is 13.8 Å². The van der Waals surface area contributed by atoms with Gasteiger partial charge in [0.1, 0.15) is 5.25 Å². The van der Waals surface area contributed by atoms with Crippen molar-refractivity contribution in [3.63, 3.8) is 0 Å². The lowest BCUT2D eigenvalue weighted by Gasteiger charge is -2.19. The summed E-state index contributed by atoms with van der Waals surface area (Å²) in [6, 6.07) is -0.690. The molecule has 0 bridgehead atoms. The second-order valence-electron chi connectivity index (χ2n) is 2.83. The SMILES string of the molecule is C=C(C)C(N)C(CC)S(=O)(=O)O. The molecule has 0 spiro atoms. The lowest BCUT2D eigenvalue weighted by molar-refractivity contribution is 0.455. The predicted molar refractivity (Wildman–Crippen MR) is 48.4 cm³/mol. The van der Waals surface area contributed by atoms with Crippen LogP contribution in [0.25, 0.3) is 0 Å². The van der Waals surface area contributed by atoms with Crippen LogP contribution >= 0.6 is 0 Å². The summed E-state index contributed by atoms with van der Waals surface area (Å²) in [5.41, 5.74) is 6.07. The van der Waals surface area contributed by atoms with Crippen LogP contribution in [-0.2, 0) is 10.1 Å². The first-order chi connectivity index (χ1) is 5.30. The van der Waals surface area contributed by atoms with E-state index in [1.165, 1.54) is 0 Å². The summed E-state index contributed by atoms with van der Waals surface area (Å²) in [7, 11) is -4.05. The first-order valence-electron chi connectivity index (χ1n) is 3.68. The topological polar surface area (TPSA) is 80.4 Å². The van der Waals surface area contributed by atoms with Crippen molar-refractivity contribution >= 4 is 10.1 Å². The van der Waals surface area contributed by atoms with E-state index in [9.17, 15) is 8.42 Å². The number of nitrogens with two attached hydrogens (primary N) is 1. The van der Waals surface area contributed by atoms with Gasteiger partial charge in [0, 0.05) is 6.04 Å². The highest BCUT2D eigenvalue weighted by Gasteiger charge is 2.28. The summed E-state index contributed by atoms with van der Waals surface area (Å²) in [5, 5.41) is -0.935. The third kappa shape index (κ3) is 2.92. The summed E-state index contributed by atoms with van der Waals surface area (Å²) in [6.07, 6.45) is 0.285. The van der Waals surface area contributed by atoms with Gasteiger partial charge in [-0.3, -0.25) is 4.55 Å². The zero-order valence-corrected chi connectivity index (χ0v) is 8.13. The van der Waals surface area contributed by atoms with Crippen molar-refractivity contribution in [2.45, 2.75) is 31.6 Å². The molecule has 72 valence electrons. The normalized spacial score (nSPS) is 17.0. The van der Waals surface area contributed by atoms with Crippen LogP contribution in [0.3, 0.4) is 0 Å². The minimum atomic E-state index is -4.05. The molecule has 0 aliphatic carbocycles. The Morgan fingerprint density at radius 1 is 1.67 bits per heavy atom. The predicted octanol–water partition coefficient (Wildman–Crippen LogP) is 0.556.